The number of aromatic nitrogens is 1. The van der Waals surface area contributed by atoms with Crippen molar-refractivity contribution in [1.82, 2.24) is 9.47 Å². The normalized spacial score (nSPS) is 10.4. The molecule has 0 radical (unpaired) electrons. The minimum absolute atomic E-state index is 0.0269. The smallest absolute Gasteiger partial charge is 0.269 e. The number of hydrogen-bond acceptors (Lipinski definition) is 4. The predicted molar refractivity (Wildman–Crippen MR) is 127 cm³/mol. The van der Waals surface area contributed by atoms with Crippen LogP contribution in [-0.4, -0.2) is 27.8 Å². The molecule has 7 nitrogen and oxygen atoms in total. The summed E-state index contributed by atoms with van der Waals surface area (Å²) in [4.78, 5) is 39.9. The van der Waals surface area contributed by atoms with Crippen LogP contribution in [0.3, 0.4) is 0 Å². The lowest BCUT2D eigenvalue weighted by Crippen LogP contribution is -2.31. The van der Waals surface area contributed by atoms with Gasteiger partial charge in [0.25, 0.3) is 11.5 Å². The van der Waals surface area contributed by atoms with Gasteiger partial charge in [-0.25, -0.2) is 0 Å². The highest BCUT2D eigenvalue weighted by Crippen LogP contribution is 2.15. The van der Waals surface area contributed by atoms with Crippen LogP contribution in [0.15, 0.2) is 65.5 Å². The van der Waals surface area contributed by atoms with Crippen LogP contribution < -0.4 is 10.9 Å². The van der Waals surface area contributed by atoms with Gasteiger partial charge in [-0.15, -0.1) is 0 Å². The Bertz CT molecular complexity index is 1270. The first-order valence-electron chi connectivity index (χ1n) is 10.7. The van der Waals surface area contributed by atoms with Crippen LogP contribution >= 0.6 is 0 Å². The molecule has 3 rings (SSSR count). The van der Waals surface area contributed by atoms with E-state index in [0.29, 0.717) is 35.6 Å². The van der Waals surface area contributed by atoms with Crippen LogP contribution in [0.5, 0.6) is 0 Å². The highest BCUT2D eigenvalue weighted by molar-refractivity contribution is 5.97. The van der Waals surface area contributed by atoms with Crippen molar-refractivity contribution in [3.8, 4) is 6.07 Å². The van der Waals surface area contributed by atoms with Crippen LogP contribution in [0.1, 0.15) is 39.7 Å². The van der Waals surface area contributed by atoms with Crippen molar-refractivity contribution in [3.63, 3.8) is 0 Å². The average molecular weight is 443 g/mol. The Labute approximate surface area is 192 Å². The zero-order chi connectivity index (χ0) is 24.0. The SMILES string of the molecule is CCN(Cc1ccccc1)C(=O)c1cccc(NC(=O)Cn2c(C)cc(C)c(C#N)c2=O)c1. The molecule has 1 aromatic heterocycles. The summed E-state index contributed by atoms with van der Waals surface area (Å²) in [7, 11) is 0. The molecule has 1 N–H and O–H groups in total. The van der Waals surface area contributed by atoms with E-state index in [2.05, 4.69) is 5.32 Å². The Morgan fingerprint density at radius 2 is 1.79 bits per heavy atom. The number of carbonyl (C=O) groups is 2. The Hall–Kier alpha value is -4.18. The monoisotopic (exact) mass is 442 g/mol. The summed E-state index contributed by atoms with van der Waals surface area (Å²) in [5, 5.41) is 12.0. The topological polar surface area (TPSA) is 95.2 Å². The minimum Gasteiger partial charge on any atom is -0.335 e. The number of carbonyl (C=O) groups excluding carboxylic acids is 2. The summed E-state index contributed by atoms with van der Waals surface area (Å²) in [6, 6.07) is 20.1. The lowest BCUT2D eigenvalue weighted by Gasteiger charge is -2.21. The number of rotatable bonds is 7. The van der Waals surface area contributed by atoms with Crippen LogP contribution in [0.4, 0.5) is 5.69 Å². The predicted octanol–water partition coefficient (Wildman–Crippen LogP) is 3.64. The Morgan fingerprint density at radius 1 is 1.06 bits per heavy atom. The minimum atomic E-state index is -0.492. The van der Waals surface area contributed by atoms with Gasteiger partial charge in [0.05, 0.1) is 0 Å². The zero-order valence-electron chi connectivity index (χ0n) is 19.0. The molecule has 0 fully saturated rings. The van der Waals surface area contributed by atoms with Gasteiger partial charge in [-0.1, -0.05) is 36.4 Å². The average Bonchev–Trinajstić information content (AvgIpc) is 2.81. The van der Waals surface area contributed by atoms with Crippen molar-refractivity contribution >= 4 is 17.5 Å². The molecule has 0 aliphatic carbocycles. The third kappa shape index (κ3) is 5.55. The van der Waals surface area contributed by atoms with Crippen LogP contribution in [0.25, 0.3) is 0 Å². The van der Waals surface area contributed by atoms with E-state index in [1.807, 2.05) is 43.3 Å². The maximum absolute atomic E-state index is 13.0. The van der Waals surface area contributed by atoms with Crippen molar-refractivity contribution < 1.29 is 9.59 Å². The van der Waals surface area contributed by atoms with E-state index < -0.39 is 11.5 Å². The first kappa shape index (κ1) is 23.5. The molecule has 0 unspecified atom stereocenters. The Morgan fingerprint density at radius 3 is 2.45 bits per heavy atom. The number of aryl methyl sites for hydroxylation is 2. The van der Waals surface area contributed by atoms with Gasteiger partial charge in [-0.2, -0.15) is 5.26 Å². The zero-order valence-corrected chi connectivity index (χ0v) is 19.0. The fraction of sp³-hybridized carbons (Fsp3) is 0.231. The molecule has 0 saturated carbocycles. The molecular formula is C26H26N4O3. The largest absolute Gasteiger partial charge is 0.335 e. The second-order valence-corrected chi connectivity index (χ2v) is 7.78. The van der Waals surface area contributed by atoms with E-state index >= 15 is 0 Å². The molecule has 33 heavy (non-hydrogen) atoms. The number of anilines is 1. The number of nitriles is 1. The van der Waals surface area contributed by atoms with Gasteiger partial charge in [0, 0.05) is 30.0 Å². The van der Waals surface area contributed by atoms with Gasteiger partial charge >= 0.3 is 0 Å². The summed E-state index contributed by atoms with van der Waals surface area (Å²) in [5.41, 5.74) is 2.66. The standard InChI is InChI=1S/C26H26N4O3/c1-4-29(16-20-9-6-5-7-10-20)25(32)21-11-8-12-22(14-21)28-24(31)17-30-19(3)13-18(2)23(15-27)26(30)33/h5-14H,4,16-17H2,1-3H3,(H,28,31). The highest BCUT2D eigenvalue weighted by atomic mass is 16.2. The van der Waals surface area contributed by atoms with Crippen LogP contribution in [0, 0.1) is 25.2 Å². The molecular weight excluding hydrogens is 416 g/mol. The van der Waals surface area contributed by atoms with E-state index in [4.69, 9.17) is 0 Å². The number of nitrogens with zero attached hydrogens (tertiary/aromatic N) is 3. The van der Waals surface area contributed by atoms with Gasteiger partial charge in [-0.05, 0) is 56.2 Å². The fourth-order valence-electron chi connectivity index (χ4n) is 3.65. The summed E-state index contributed by atoms with van der Waals surface area (Å²) >= 11 is 0. The first-order valence-corrected chi connectivity index (χ1v) is 10.7. The second kappa shape index (κ2) is 10.4. The molecule has 168 valence electrons. The van der Waals surface area contributed by atoms with Crippen molar-refractivity contribution in [2.75, 3.05) is 11.9 Å². The Kier molecular flexibility index (Phi) is 7.42. The molecule has 0 aliphatic rings. The number of amides is 2. The molecule has 0 spiro atoms. The van der Waals surface area contributed by atoms with Gasteiger partial charge in [-0.3, -0.25) is 14.4 Å². The summed E-state index contributed by atoms with van der Waals surface area (Å²) in [6.45, 7) is 6.13. The van der Waals surface area contributed by atoms with Crippen LogP contribution in [0.2, 0.25) is 0 Å². The summed E-state index contributed by atoms with van der Waals surface area (Å²) < 4.78 is 1.27. The molecule has 0 saturated heterocycles. The lowest BCUT2D eigenvalue weighted by atomic mass is 10.1. The Balaban J connectivity index is 1.75. The quantitative estimate of drug-likeness (QED) is 0.604. The molecule has 0 atom stereocenters. The maximum atomic E-state index is 13.0. The third-order valence-electron chi connectivity index (χ3n) is 5.40. The third-order valence-corrected chi connectivity index (χ3v) is 5.40. The molecule has 7 heteroatoms. The van der Waals surface area contributed by atoms with Gasteiger partial charge in [0.2, 0.25) is 5.91 Å². The fourth-order valence-corrected chi connectivity index (χ4v) is 3.65. The summed E-state index contributed by atoms with van der Waals surface area (Å²) in [6.07, 6.45) is 0. The van der Waals surface area contributed by atoms with Crippen molar-refractivity contribution in [1.29, 1.82) is 5.26 Å². The van der Waals surface area contributed by atoms with E-state index in [0.717, 1.165) is 5.56 Å². The van der Waals surface area contributed by atoms with E-state index in [1.165, 1.54) is 4.57 Å². The number of pyridine rings is 1. The summed E-state index contributed by atoms with van der Waals surface area (Å²) in [5.74, 6) is -0.559. The molecule has 0 aliphatic heterocycles. The molecule has 3 aromatic rings. The van der Waals surface area contributed by atoms with E-state index in [1.54, 1.807) is 49.1 Å². The van der Waals surface area contributed by atoms with Crippen molar-refractivity contribution in [2.45, 2.75) is 33.9 Å². The first-order chi connectivity index (χ1) is 15.8. The molecule has 2 amide bonds. The number of hydrogen-bond donors (Lipinski definition) is 1. The highest BCUT2D eigenvalue weighted by Gasteiger charge is 2.16. The van der Waals surface area contributed by atoms with Gasteiger partial charge in [0.15, 0.2) is 0 Å². The second-order valence-electron chi connectivity index (χ2n) is 7.78. The number of benzene rings is 2. The van der Waals surface area contributed by atoms with Crippen molar-refractivity contribution in [3.05, 3.63) is 99.0 Å². The van der Waals surface area contributed by atoms with E-state index in [9.17, 15) is 19.6 Å². The lowest BCUT2D eigenvalue weighted by molar-refractivity contribution is -0.116. The number of nitrogens with one attached hydrogen (secondary N) is 1. The maximum Gasteiger partial charge on any atom is 0.269 e. The molecule has 1 heterocycles. The molecule has 0 bridgehead atoms. The van der Waals surface area contributed by atoms with Crippen molar-refractivity contribution in [2.24, 2.45) is 0 Å². The van der Waals surface area contributed by atoms with Crippen LogP contribution in [-0.2, 0) is 17.9 Å². The van der Waals surface area contributed by atoms with Gasteiger partial charge < -0.3 is 14.8 Å². The molecule has 2 aromatic carbocycles. The van der Waals surface area contributed by atoms with Gasteiger partial charge in [0.1, 0.15) is 18.2 Å². The van der Waals surface area contributed by atoms with E-state index in [-0.39, 0.29) is 18.0 Å².